The molecule has 0 radical (unpaired) electrons. The van der Waals surface area contributed by atoms with Crippen molar-refractivity contribution in [3.8, 4) is 0 Å². The van der Waals surface area contributed by atoms with Crippen LogP contribution in [-0.4, -0.2) is 85.0 Å². The summed E-state index contributed by atoms with van der Waals surface area (Å²) in [5, 5.41) is 5.43. The minimum Gasteiger partial charge on any atom is -0.337 e. The molecule has 0 unspecified atom stereocenters. The van der Waals surface area contributed by atoms with Crippen LogP contribution in [0.5, 0.6) is 0 Å². The molecule has 2 N–H and O–H groups in total. The third-order valence-corrected chi connectivity index (χ3v) is 4.69. The first-order chi connectivity index (χ1) is 12.0. The van der Waals surface area contributed by atoms with E-state index in [1.807, 2.05) is 0 Å². The Hall–Kier alpha value is -1.12. The van der Waals surface area contributed by atoms with Gasteiger partial charge in [-0.3, -0.25) is 19.4 Å². The SMILES string of the molecule is CCC(=O)[C@H](C)NC(=O)NCCN1CCN(CC(=O)CCCS)CC1. The van der Waals surface area contributed by atoms with Crippen LogP contribution in [0.4, 0.5) is 4.79 Å². The number of urea groups is 1. The molecule has 0 aliphatic carbocycles. The van der Waals surface area contributed by atoms with Crippen LogP contribution < -0.4 is 10.6 Å². The summed E-state index contributed by atoms with van der Waals surface area (Å²) in [7, 11) is 0. The molecule has 144 valence electrons. The number of hydrogen-bond acceptors (Lipinski definition) is 6. The van der Waals surface area contributed by atoms with E-state index in [0.717, 1.165) is 44.9 Å². The fourth-order valence-electron chi connectivity index (χ4n) is 2.74. The van der Waals surface area contributed by atoms with E-state index in [9.17, 15) is 14.4 Å². The van der Waals surface area contributed by atoms with Gasteiger partial charge in [0.05, 0.1) is 12.6 Å². The van der Waals surface area contributed by atoms with E-state index in [-0.39, 0.29) is 17.6 Å². The highest BCUT2D eigenvalue weighted by Crippen LogP contribution is 2.03. The lowest BCUT2D eigenvalue weighted by Crippen LogP contribution is -2.50. The minimum absolute atomic E-state index is 0.0233. The van der Waals surface area contributed by atoms with Gasteiger partial charge >= 0.3 is 6.03 Å². The molecule has 1 atom stereocenters. The zero-order chi connectivity index (χ0) is 18.7. The van der Waals surface area contributed by atoms with Crippen LogP contribution in [0.15, 0.2) is 0 Å². The summed E-state index contributed by atoms with van der Waals surface area (Å²) in [6.45, 7) is 8.87. The van der Waals surface area contributed by atoms with Crippen molar-refractivity contribution < 1.29 is 14.4 Å². The second kappa shape index (κ2) is 12.3. The van der Waals surface area contributed by atoms with Gasteiger partial charge in [0.15, 0.2) is 5.78 Å². The Bertz CT molecular complexity index is 440. The Morgan fingerprint density at radius 1 is 1.12 bits per heavy atom. The van der Waals surface area contributed by atoms with Crippen LogP contribution in [0.1, 0.15) is 33.1 Å². The van der Waals surface area contributed by atoms with Gasteiger partial charge in [-0.1, -0.05) is 6.92 Å². The lowest BCUT2D eigenvalue weighted by molar-refractivity contribution is -0.121. The third-order valence-electron chi connectivity index (χ3n) is 4.37. The smallest absolute Gasteiger partial charge is 0.315 e. The van der Waals surface area contributed by atoms with Gasteiger partial charge in [0.1, 0.15) is 5.78 Å². The summed E-state index contributed by atoms with van der Waals surface area (Å²) in [6, 6.07) is -0.753. The van der Waals surface area contributed by atoms with Crippen LogP contribution in [0.3, 0.4) is 0 Å². The van der Waals surface area contributed by atoms with Gasteiger partial charge in [-0.2, -0.15) is 12.6 Å². The zero-order valence-corrected chi connectivity index (χ0v) is 16.3. The number of nitrogens with zero attached hydrogens (tertiary/aromatic N) is 2. The van der Waals surface area contributed by atoms with E-state index in [1.54, 1.807) is 13.8 Å². The van der Waals surface area contributed by atoms with Crippen molar-refractivity contribution in [2.45, 2.75) is 39.2 Å². The van der Waals surface area contributed by atoms with Crippen molar-refractivity contribution in [1.82, 2.24) is 20.4 Å². The minimum atomic E-state index is -0.450. The first kappa shape index (κ1) is 21.9. The monoisotopic (exact) mass is 372 g/mol. The highest BCUT2D eigenvalue weighted by atomic mass is 32.1. The van der Waals surface area contributed by atoms with E-state index in [0.29, 0.717) is 25.9 Å². The molecule has 1 saturated heterocycles. The molecule has 7 nitrogen and oxygen atoms in total. The molecule has 1 aliphatic rings. The normalized spacial score (nSPS) is 17.1. The van der Waals surface area contributed by atoms with Crippen molar-refractivity contribution >= 4 is 30.2 Å². The average molecular weight is 373 g/mol. The topological polar surface area (TPSA) is 81.8 Å². The van der Waals surface area contributed by atoms with Crippen LogP contribution in [0, 0.1) is 0 Å². The van der Waals surface area contributed by atoms with E-state index >= 15 is 0 Å². The number of thiol groups is 1. The summed E-state index contributed by atoms with van der Waals surface area (Å²) in [5.74, 6) is 1.07. The van der Waals surface area contributed by atoms with Crippen LogP contribution in [0.2, 0.25) is 0 Å². The lowest BCUT2D eigenvalue weighted by atomic mass is 10.2. The number of carbonyl (C=O) groups excluding carboxylic acids is 3. The number of nitrogens with one attached hydrogen (secondary N) is 2. The molecule has 0 bridgehead atoms. The Balaban J connectivity index is 2.13. The van der Waals surface area contributed by atoms with Crippen molar-refractivity contribution in [3.63, 3.8) is 0 Å². The molecular formula is C17H32N4O3S. The van der Waals surface area contributed by atoms with E-state index in [4.69, 9.17) is 0 Å². The number of piperazine rings is 1. The van der Waals surface area contributed by atoms with E-state index in [1.165, 1.54) is 0 Å². The number of Topliss-reactive ketones (excluding diaryl/α,β-unsaturated/α-hetero) is 2. The fraction of sp³-hybridized carbons (Fsp3) is 0.824. The van der Waals surface area contributed by atoms with Crippen molar-refractivity contribution in [3.05, 3.63) is 0 Å². The first-order valence-corrected chi connectivity index (χ1v) is 9.73. The van der Waals surface area contributed by atoms with Gasteiger partial charge in [-0.25, -0.2) is 4.79 Å². The molecular weight excluding hydrogens is 340 g/mol. The molecule has 0 spiro atoms. The molecule has 0 aromatic carbocycles. The number of hydrogen-bond donors (Lipinski definition) is 3. The van der Waals surface area contributed by atoms with Gasteiger partial charge in [0, 0.05) is 52.1 Å². The summed E-state index contributed by atoms with van der Waals surface area (Å²) >= 11 is 4.13. The second-order valence-electron chi connectivity index (χ2n) is 6.43. The van der Waals surface area contributed by atoms with Gasteiger partial charge in [0.2, 0.25) is 0 Å². The van der Waals surface area contributed by atoms with Crippen molar-refractivity contribution in [2.75, 3.05) is 51.6 Å². The molecule has 2 amide bonds. The highest BCUT2D eigenvalue weighted by Gasteiger charge is 2.19. The van der Waals surface area contributed by atoms with Gasteiger partial charge in [0.25, 0.3) is 0 Å². The Morgan fingerprint density at radius 3 is 2.36 bits per heavy atom. The fourth-order valence-corrected chi connectivity index (χ4v) is 2.90. The number of amides is 2. The van der Waals surface area contributed by atoms with Gasteiger partial charge in [-0.05, 0) is 19.1 Å². The Kier molecular flexibility index (Phi) is 10.8. The maximum atomic E-state index is 11.8. The second-order valence-corrected chi connectivity index (χ2v) is 6.87. The molecule has 1 rings (SSSR count). The molecule has 0 aromatic heterocycles. The molecule has 1 fully saturated rings. The Morgan fingerprint density at radius 2 is 1.76 bits per heavy atom. The summed E-state index contributed by atoms with van der Waals surface area (Å²) in [4.78, 5) is 39.4. The molecule has 1 aliphatic heterocycles. The van der Waals surface area contributed by atoms with E-state index < -0.39 is 6.04 Å². The zero-order valence-electron chi connectivity index (χ0n) is 15.4. The third kappa shape index (κ3) is 9.23. The predicted octanol–water partition coefficient (Wildman–Crippen LogP) is 0.550. The number of carbonyl (C=O) groups is 3. The molecule has 8 heteroatoms. The quantitative estimate of drug-likeness (QED) is 0.462. The molecule has 1 heterocycles. The summed E-state index contributed by atoms with van der Waals surface area (Å²) in [6.07, 6.45) is 1.88. The maximum Gasteiger partial charge on any atom is 0.315 e. The lowest BCUT2D eigenvalue weighted by Gasteiger charge is -2.34. The van der Waals surface area contributed by atoms with Gasteiger partial charge < -0.3 is 10.6 Å². The number of rotatable bonds is 11. The largest absolute Gasteiger partial charge is 0.337 e. The van der Waals surface area contributed by atoms with Crippen LogP contribution in [0.25, 0.3) is 0 Å². The van der Waals surface area contributed by atoms with Crippen LogP contribution in [-0.2, 0) is 9.59 Å². The summed E-state index contributed by atoms with van der Waals surface area (Å²) < 4.78 is 0. The number of ketones is 2. The van der Waals surface area contributed by atoms with Crippen LogP contribution >= 0.6 is 12.6 Å². The van der Waals surface area contributed by atoms with Crippen molar-refractivity contribution in [1.29, 1.82) is 0 Å². The maximum absolute atomic E-state index is 11.8. The average Bonchev–Trinajstić information content (AvgIpc) is 2.60. The molecule has 0 aromatic rings. The van der Waals surface area contributed by atoms with E-state index in [2.05, 4.69) is 33.1 Å². The molecule has 0 saturated carbocycles. The van der Waals surface area contributed by atoms with Crippen molar-refractivity contribution in [2.24, 2.45) is 0 Å². The standard InChI is InChI=1S/C17H32N4O3S/c1-3-16(23)14(2)19-17(24)18-6-7-20-8-10-21(11-9-20)13-15(22)5-4-12-25/h14,25H,3-13H2,1-2H3,(H2,18,19,24)/t14-/m0/s1. The Labute approximate surface area is 156 Å². The highest BCUT2D eigenvalue weighted by molar-refractivity contribution is 7.80. The first-order valence-electron chi connectivity index (χ1n) is 9.10. The predicted molar refractivity (Wildman–Crippen MR) is 102 cm³/mol. The summed E-state index contributed by atoms with van der Waals surface area (Å²) in [5.41, 5.74) is 0. The van der Waals surface area contributed by atoms with Gasteiger partial charge in [-0.15, -0.1) is 0 Å². The molecule has 25 heavy (non-hydrogen) atoms.